The van der Waals surface area contributed by atoms with Gasteiger partial charge in [-0.25, -0.2) is 4.79 Å². The van der Waals surface area contributed by atoms with E-state index in [0.29, 0.717) is 45.5 Å². The van der Waals surface area contributed by atoms with E-state index in [-0.39, 0.29) is 5.91 Å². The Kier molecular flexibility index (Phi) is 5.16. The van der Waals surface area contributed by atoms with Crippen LogP contribution in [0.4, 0.5) is 0 Å². The quantitative estimate of drug-likeness (QED) is 0.894. The van der Waals surface area contributed by atoms with Crippen LogP contribution in [-0.4, -0.2) is 52.1 Å². The Labute approximate surface area is 142 Å². The first-order chi connectivity index (χ1) is 11.6. The van der Waals surface area contributed by atoms with E-state index in [1.165, 1.54) is 0 Å². The molecule has 2 heterocycles. The van der Waals surface area contributed by atoms with Crippen molar-refractivity contribution in [3.05, 3.63) is 35.9 Å². The number of piperidine rings is 2. The molecule has 6 heteroatoms. The highest BCUT2D eigenvalue weighted by atomic mass is 16.7. The van der Waals surface area contributed by atoms with Gasteiger partial charge in [-0.2, -0.15) is 5.06 Å². The number of likely N-dealkylation sites (tertiary alicyclic amines) is 1. The Balaban J connectivity index is 1.60. The van der Waals surface area contributed by atoms with E-state index in [1.54, 1.807) is 4.90 Å². The zero-order valence-electron chi connectivity index (χ0n) is 13.8. The van der Waals surface area contributed by atoms with Crippen LogP contribution >= 0.6 is 0 Å². The Morgan fingerprint density at radius 2 is 1.83 bits per heavy atom. The first kappa shape index (κ1) is 16.9. The third-order valence-electron chi connectivity index (χ3n) is 5.04. The number of aliphatic carboxylic acids is 1. The van der Waals surface area contributed by atoms with Gasteiger partial charge in [0.15, 0.2) is 0 Å². The molecule has 2 aliphatic rings. The number of hydrogen-bond donors (Lipinski definition) is 1. The molecule has 2 aliphatic heterocycles. The van der Waals surface area contributed by atoms with Gasteiger partial charge in [-0.15, -0.1) is 0 Å². The predicted molar refractivity (Wildman–Crippen MR) is 88.0 cm³/mol. The molecule has 1 aromatic carbocycles. The average molecular weight is 332 g/mol. The zero-order chi connectivity index (χ0) is 17.0. The molecule has 0 unspecified atom stereocenters. The number of benzene rings is 1. The van der Waals surface area contributed by atoms with Crippen molar-refractivity contribution < 1.29 is 19.5 Å². The Hall–Kier alpha value is -1.92. The molecule has 0 aliphatic carbocycles. The normalized spacial score (nSPS) is 21.7. The highest BCUT2D eigenvalue weighted by molar-refractivity contribution is 5.87. The van der Waals surface area contributed by atoms with E-state index in [9.17, 15) is 14.7 Å². The first-order valence-corrected chi connectivity index (χ1v) is 8.57. The third-order valence-corrected chi connectivity index (χ3v) is 5.04. The first-order valence-electron chi connectivity index (χ1n) is 8.57. The molecule has 2 fully saturated rings. The molecule has 0 radical (unpaired) electrons. The minimum absolute atomic E-state index is 0.0256. The molecule has 0 saturated carbocycles. The molecule has 24 heavy (non-hydrogen) atoms. The van der Waals surface area contributed by atoms with Crippen LogP contribution < -0.4 is 0 Å². The van der Waals surface area contributed by atoms with E-state index < -0.39 is 11.5 Å². The van der Waals surface area contributed by atoms with Crippen LogP contribution in [0, 0.1) is 0 Å². The van der Waals surface area contributed by atoms with Crippen molar-refractivity contribution >= 4 is 11.9 Å². The third kappa shape index (κ3) is 3.44. The Bertz CT molecular complexity index is 582. The van der Waals surface area contributed by atoms with Crippen molar-refractivity contribution in [3.8, 4) is 0 Å². The van der Waals surface area contributed by atoms with Crippen molar-refractivity contribution in [2.75, 3.05) is 19.6 Å². The minimum Gasteiger partial charge on any atom is -0.479 e. The van der Waals surface area contributed by atoms with Crippen LogP contribution in [0.15, 0.2) is 30.3 Å². The SMILES string of the molecule is O=C1CCCCN1C1(C(=O)O)CCN(OCc2ccccc2)CC1. The standard InChI is InChI=1S/C18H24N2O4/c21-16-8-4-5-11-20(16)18(17(22)23)9-12-19(13-10-18)24-14-15-6-2-1-3-7-15/h1-3,6-7H,4-5,8-14H2,(H,22,23). The molecule has 0 bridgehead atoms. The lowest BCUT2D eigenvalue weighted by Crippen LogP contribution is -2.62. The smallest absolute Gasteiger partial charge is 0.329 e. The summed E-state index contributed by atoms with van der Waals surface area (Å²) in [5, 5.41) is 11.6. The van der Waals surface area contributed by atoms with Crippen LogP contribution in [0.3, 0.4) is 0 Å². The average Bonchev–Trinajstić information content (AvgIpc) is 2.62. The summed E-state index contributed by atoms with van der Waals surface area (Å²) in [5.41, 5.74) is 0.0168. The Morgan fingerprint density at radius 3 is 2.46 bits per heavy atom. The van der Waals surface area contributed by atoms with Crippen LogP contribution in [0.5, 0.6) is 0 Å². The Morgan fingerprint density at radius 1 is 1.12 bits per heavy atom. The number of amides is 1. The summed E-state index contributed by atoms with van der Waals surface area (Å²) in [6.45, 7) is 2.06. The van der Waals surface area contributed by atoms with E-state index >= 15 is 0 Å². The molecular formula is C18H24N2O4. The summed E-state index contributed by atoms with van der Waals surface area (Å²) in [7, 11) is 0. The fraction of sp³-hybridized carbons (Fsp3) is 0.556. The zero-order valence-corrected chi connectivity index (χ0v) is 13.8. The highest BCUT2D eigenvalue weighted by Gasteiger charge is 2.49. The lowest BCUT2D eigenvalue weighted by atomic mass is 9.84. The molecule has 1 amide bonds. The van der Waals surface area contributed by atoms with Gasteiger partial charge in [-0.1, -0.05) is 30.3 Å². The second-order valence-electron chi connectivity index (χ2n) is 6.53. The van der Waals surface area contributed by atoms with Gasteiger partial charge in [0, 0.05) is 26.1 Å². The van der Waals surface area contributed by atoms with E-state index in [1.807, 2.05) is 35.4 Å². The molecule has 0 atom stereocenters. The number of carboxylic acid groups (broad SMARTS) is 1. The van der Waals surface area contributed by atoms with Crippen molar-refractivity contribution in [2.24, 2.45) is 0 Å². The van der Waals surface area contributed by atoms with Crippen molar-refractivity contribution in [3.63, 3.8) is 0 Å². The fourth-order valence-electron chi connectivity index (χ4n) is 3.58. The van der Waals surface area contributed by atoms with Gasteiger partial charge in [0.25, 0.3) is 0 Å². The van der Waals surface area contributed by atoms with E-state index in [2.05, 4.69) is 0 Å². The van der Waals surface area contributed by atoms with Gasteiger partial charge in [0.05, 0.1) is 6.61 Å². The van der Waals surface area contributed by atoms with Crippen molar-refractivity contribution in [2.45, 2.75) is 44.2 Å². The summed E-state index contributed by atoms with van der Waals surface area (Å²) < 4.78 is 0. The van der Waals surface area contributed by atoms with Crippen LogP contribution in [0.1, 0.15) is 37.7 Å². The number of hydrogen-bond acceptors (Lipinski definition) is 4. The van der Waals surface area contributed by atoms with Crippen LogP contribution in [0.2, 0.25) is 0 Å². The summed E-state index contributed by atoms with van der Waals surface area (Å²) >= 11 is 0. The second-order valence-corrected chi connectivity index (χ2v) is 6.53. The largest absolute Gasteiger partial charge is 0.479 e. The van der Waals surface area contributed by atoms with E-state index in [0.717, 1.165) is 18.4 Å². The maximum atomic E-state index is 12.2. The number of carbonyl (C=O) groups excluding carboxylic acids is 1. The molecular weight excluding hydrogens is 308 g/mol. The summed E-state index contributed by atoms with van der Waals surface area (Å²) in [6, 6.07) is 9.88. The maximum absolute atomic E-state index is 12.2. The van der Waals surface area contributed by atoms with Gasteiger partial charge < -0.3 is 10.0 Å². The molecule has 130 valence electrons. The number of hydroxylamine groups is 2. The number of nitrogens with zero attached hydrogens (tertiary/aromatic N) is 2. The molecule has 6 nitrogen and oxygen atoms in total. The fourth-order valence-corrected chi connectivity index (χ4v) is 3.58. The van der Waals surface area contributed by atoms with Crippen molar-refractivity contribution in [1.29, 1.82) is 0 Å². The second kappa shape index (κ2) is 7.32. The topological polar surface area (TPSA) is 70.1 Å². The molecule has 0 aromatic heterocycles. The van der Waals surface area contributed by atoms with Gasteiger partial charge in [-0.3, -0.25) is 9.63 Å². The molecule has 0 spiro atoms. The molecule has 2 saturated heterocycles. The lowest BCUT2D eigenvalue weighted by Gasteiger charge is -2.46. The lowest BCUT2D eigenvalue weighted by molar-refractivity contribution is -0.202. The van der Waals surface area contributed by atoms with Gasteiger partial charge in [-0.05, 0) is 31.2 Å². The maximum Gasteiger partial charge on any atom is 0.329 e. The van der Waals surface area contributed by atoms with Crippen LogP contribution in [-0.2, 0) is 21.0 Å². The number of carbonyl (C=O) groups is 2. The number of carboxylic acids is 1. The molecule has 1 aromatic rings. The van der Waals surface area contributed by atoms with Crippen LogP contribution in [0.25, 0.3) is 0 Å². The molecule has 1 N–H and O–H groups in total. The predicted octanol–water partition coefficient (Wildman–Crippen LogP) is 2.05. The van der Waals surface area contributed by atoms with Crippen molar-refractivity contribution in [1.82, 2.24) is 9.96 Å². The minimum atomic E-state index is -1.07. The van der Waals surface area contributed by atoms with Gasteiger partial charge >= 0.3 is 5.97 Å². The number of rotatable bonds is 5. The summed E-state index contributed by atoms with van der Waals surface area (Å²) in [5.74, 6) is -0.914. The summed E-state index contributed by atoms with van der Waals surface area (Å²) in [6.07, 6.45) is 3.02. The summed E-state index contributed by atoms with van der Waals surface area (Å²) in [4.78, 5) is 31.6. The van der Waals surface area contributed by atoms with E-state index in [4.69, 9.17) is 4.84 Å². The molecule has 3 rings (SSSR count). The van der Waals surface area contributed by atoms with Gasteiger partial charge in [0.1, 0.15) is 5.54 Å². The van der Waals surface area contributed by atoms with Gasteiger partial charge in [0.2, 0.25) is 5.91 Å². The monoisotopic (exact) mass is 332 g/mol. The highest BCUT2D eigenvalue weighted by Crippen LogP contribution is 2.32.